The number of amides is 1. The van der Waals surface area contributed by atoms with E-state index in [1.807, 2.05) is 31.2 Å². The van der Waals surface area contributed by atoms with Crippen molar-refractivity contribution in [1.82, 2.24) is 20.0 Å². The van der Waals surface area contributed by atoms with Gasteiger partial charge in [-0.15, -0.1) is 16.4 Å². The fourth-order valence-corrected chi connectivity index (χ4v) is 4.44. The maximum atomic E-state index is 13.0. The van der Waals surface area contributed by atoms with Gasteiger partial charge in [-0.05, 0) is 49.7 Å². The Balaban J connectivity index is 1.52. The minimum Gasteiger partial charge on any atom is -0.296 e. The van der Waals surface area contributed by atoms with Crippen LogP contribution >= 0.6 is 27.3 Å². The molecule has 0 aliphatic heterocycles. The third-order valence-corrected chi connectivity index (χ3v) is 6.52. The van der Waals surface area contributed by atoms with Crippen molar-refractivity contribution in [3.63, 3.8) is 0 Å². The molecule has 0 saturated heterocycles. The molecule has 0 unspecified atom stereocenters. The van der Waals surface area contributed by atoms with Crippen LogP contribution in [0.15, 0.2) is 53.0 Å². The molecule has 0 bridgehead atoms. The first-order valence-corrected chi connectivity index (χ1v) is 11.3. The summed E-state index contributed by atoms with van der Waals surface area (Å²) in [6.07, 6.45) is -3.81. The summed E-state index contributed by atoms with van der Waals surface area (Å²) in [5, 5.41) is 10.9. The van der Waals surface area contributed by atoms with Gasteiger partial charge in [0.2, 0.25) is 0 Å². The lowest BCUT2D eigenvalue weighted by atomic mass is 10.1. The Morgan fingerprint density at radius 3 is 2.58 bits per heavy atom. The predicted octanol–water partition coefficient (Wildman–Crippen LogP) is 5.97. The second-order valence-electron chi connectivity index (χ2n) is 7.27. The molecule has 0 atom stereocenters. The van der Waals surface area contributed by atoms with Gasteiger partial charge in [0.25, 0.3) is 5.91 Å². The summed E-state index contributed by atoms with van der Waals surface area (Å²) < 4.78 is 41.3. The van der Waals surface area contributed by atoms with Crippen LogP contribution in [0.25, 0.3) is 5.69 Å². The molecule has 4 rings (SSSR count). The van der Waals surface area contributed by atoms with Crippen LogP contribution in [0.3, 0.4) is 0 Å². The van der Waals surface area contributed by atoms with E-state index in [0.717, 1.165) is 32.7 Å². The molecule has 2 heterocycles. The van der Waals surface area contributed by atoms with E-state index in [-0.39, 0.29) is 11.4 Å². The van der Waals surface area contributed by atoms with E-state index in [2.05, 4.69) is 36.5 Å². The van der Waals surface area contributed by atoms with E-state index in [9.17, 15) is 18.0 Å². The highest BCUT2D eigenvalue weighted by Crippen LogP contribution is 2.31. The number of anilines is 1. The third kappa shape index (κ3) is 5.14. The van der Waals surface area contributed by atoms with Crippen LogP contribution in [0.4, 0.5) is 18.3 Å². The second-order valence-corrected chi connectivity index (χ2v) is 9.27. The largest absolute Gasteiger partial charge is 0.416 e. The number of nitrogens with one attached hydrogen (secondary N) is 1. The summed E-state index contributed by atoms with van der Waals surface area (Å²) in [7, 11) is 0. The van der Waals surface area contributed by atoms with E-state index in [1.165, 1.54) is 28.2 Å². The molecule has 6 nitrogen and oxygen atoms in total. The smallest absolute Gasteiger partial charge is 0.296 e. The van der Waals surface area contributed by atoms with Gasteiger partial charge in [0, 0.05) is 15.8 Å². The molecule has 0 aliphatic carbocycles. The van der Waals surface area contributed by atoms with Gasteiger partial charge in [-0.1, -0.05) is 39.3 Å². The van der Waals surface area contributed by atoms with Crippen molar-refractivity contribution in [1.29, 1.82) is 0 Å². The van der Waals surface area contributed by atoms with Gasteiger partial charge in [0.1, 0.15) is 0 Å². The Labute approximate surface area is 199 Å². The minimum absolute atomic E-state index is 0.00900. The maximum Gasteiger partial charge on any atom is 0.416 e. The molecule has 170 valence electrons. The van der Waals surface area contributed by atoms with Gasteiger partial charge < -0.3 is 0 Å². The number of hydrogen-bond acceptors (Lipinski definition) is 5. The highest BCUT2D eigenvalue weighted by Gasteiger charge is 2.31. The summed E-state index contributed by atoms with van der Waals surface area (Å²) >= 11 is 4.77. The second kappa shape index (κ2) is 9.06. The Morgan fingerprint density at radius 1 is 1.15 bits per heavy atom. The number of aromatic nitrogens is 4. The van der Waals surface area contributed by atoms with Crippen molar-refractivity contribution in [2.24, 2.45) is 0 Å². The quantitative estimate of drug-likeness (QED) is 0.342. The van der Waals surface area contributed by atoms with Gasteiger partial charge in [-0.2, -0.15) is 13.2 Å². The molecule has 2 aromatic heterocycles. The van der Waals surface area contributed by atoms with E-state index in [0.29, 0.717) is 17.2 Å². The lowest BCUT2D eigenvalue weighted by Gasteiger charge is -2.09. The van der Waals surface area contributed by atoms with E-state index in [4.69, 9.17) is 0 Å². The zero-order chi connectivity index (χ0) is 23.8. The topological polar surface area (TPSA) is 72.7 Å². The first-order valence-electron chi connectivity index (χ1n) is 9.74. The van der Waals surface area contributed by atoms with Gasteiger partial charge in [-0.3, -0.25) is 10.1 Å². The van der Waals surface area contributed by atoms with Crippen molar-refractivity contribution >= 4 is 38.3 Å². The van der Waals surface area contributed by atoms with Crippen molar-refractivity contribution in [3.05, 3.63) is 86.1 Å². The Bertz CT molecular complexity index is 1310. The highest BCUT2D eigenvalue weighted by molar-refractivity contribution is 9.10. The van der Waals surface area contributed by atoms with Crippen LogP contribution in [-0.2, 0) is 12.6 Å². The van der Waals surface area contributed by atoms with Crippen molar-refractivity contribution in [2.75, 3.05) is 5.32 Å². The number of benzene rings is 2. The number of aryl methyl sites for hydroxylation is 1. The van der Waals surface area contributed by atoms with Crippen LogP contribution in [0.2, 0.25) is 0 Å². The van der Waals surface area contributed by atoms with Crippen LogP contribution in [-0.4, -0.2) is 25.9 Å². The van der Waals surface area contributed by atoms with Gasteiger partial charge in [-0.25, -0.2) is 9.67 Å². The number of carbonyl (C=O) groups is 1. The van der Waals surface area contributed by atoms with Crippen molar-refractivity contribution in [2.45, 2.75) is 26.4 Å². The number of rotatable bonds is 5. The summed E-state index contributed by atoms with van der Waals surface area (Å²) in [6.45, 7) is 3.44. The summed E-state index contributed by atoms with van der Waals surface area (Å²) in [5.74, 6) is -0.533. The van der Waals surface area contributed by atoms with Crippen LogP contribution in [0, 0.1) is 13.8 Å². The van der Waals surface area contributed by atoms with E-state index in [1.54, 1.807) is 6.92 Å². The van der Waals surface area contributed by atoms with E-state index < -0.39 is 17.6 Å². The molecule has 1 amide bonds. The Kier molecular flexibility index (Phi) is 6.35. The number of halogens is 4. The minimum atomic E-state index is -4.48. The summed E-state index contributed by atoms with van der Waals surface area (Å²) in [6, 6.07) is 12.6. The van der Waals surface area contributed by atoms with Crippen molar-refractivity contribution in [3.8, 4) is 5.69 Å². The van der Waals surface area contributed by atoms with E-state index >= 15 is 0 Å². The average molecular weight is 536 g/mol. The van der Waals surface area contributed by atoms with Gasteiger partial charge in [0.05, 0.1) is 22.6 Å². The first-order chi connectivity index (χ1) is 15.6. The molecule has 0 saturated carbocycles. The monoisotopic (exact) mass is 535 g/mol. The number of alkyl halides is 3. The maximum absolute atomic E-state index is 13.0. The Morgan fingerprint density at radius 2 is 1.88 bits per heavy atom. The molecular formula is C22H17BrF3N5OS. The average Bonchev–Trinajstić information content (AvgIpc) is 3.31. The third-order valence-electron chi connectivity index (χ3n) is 4.92. The van der Waals surface area contributed by atoms with Gasteiger partial charge in [0.15, 0.2) is 10.8 Å². The molecule has 0 spiro atoms. The standard InChI is InChI=1S/C22H17BrF3N5OS/c1-12-18(10-14-6-8-16(23)9-7-14)33-21(27-12)28-20(32)19-13(2)31(30-29-19)17-5-3-4-15(11-17)22(24,25)26/h3-9,11H,10H2,1-2H3,(H,27,28,32). The van der Waals surface area contributed by atoms with Gasteiger partial charge >= 0.3 is 6.18 Å². The molecule has 0 radical (unpaired) electrons. The van der Waals surface area contributed by atoms with Crippen LogP contribution < -0.4 is 5.32 Å². The lowest BCUT2D eigenvalue weighted by molar-refractivity contribution is -0.137. The van der Waals surface area contributed by atoms with Crippen LogP contribution in [0.1, 0.15) is 37.9 Å². The molecule has 1 N–H and O–H groups in total. The summed E-state index contributed by atoms with van der Waals surface area (Å²) in [4.78, 5) is 18.2. The zero-order valence-corrected chi connectivity index (χ0v) is 19.8. The SMILES string of the molecule is Cc1nc(NC(=O)c2nnn(-c3cccc(C(F)(F)F)c3)c2C)sc1Cc1ccc(Br)cc1. The normalized spacial score (nSPS) is 11.6. The zero-order valence-electron chi connectivity index (χ0n) is 17.4. The molecule has 4 aromatic rings. The molecule has 33 heavy (non-hydrogen) atoms. The summed E-state index contributed by atoms with van der Waals surface area (Å²) in [5.41, 5.74) is 1.60. The lowest BCUT2D eigenvalue weighted by Crippen LogP contribution is -2.14. The molecule has 11 heteroatoms. The predicted molar refractivity (Wildman–Crippen MR) is 123 cm³/mol. The Hall–Kier alpha value is -3.05. The number of nitrogens with zero attached hydrogens (tertiary/aromatic N) is 4. The first kappa shape index (κ1) is 23.1. The molecular weight excluding hydrogens is 519 g/mol. The highest BCUT2D eigenvalue weighted by atomic mass is 79.9. The van der Waals surface area contributed by atoms with Crippen LogP contribution in [0.5, 0.6) is 0 Å². The molecule has 0 aliphatic rings. The van der Waals surface area contributed by atoms with Crippen molar-refractivity contribution < 1.29 is 18.0 Å². The molecule has 2 aromatic carbocycles. The molecule has 0 fully saturated rings. The fourth-order valence-electron chi connectivity index (χ4n) is 3.19. The number of carbonyl (C=O) groups excluding carboxylic acids is 1. The fraction of sp³-hybridized carbons (Fsp3) is 0.182. The number of hydrogen-bond donors (Lipinski definition) is 1. The number of thiazole rings is 1.